The Morgan fingerprint density at radius 3 is 2.62 bits per heavy atom. The molecule has 0 spiro atoms. The van der Waals surface area contributed by atoms with E-state index in [0.29, 0.717) is 17.6 Å². The van der Waals surface area contributed by atoms with Crippen molar-refractivity contribution < 1.29 is 5.11 Å². The van der Waals surface area contributed by atoms with E-state index in [1.165, 1.54) is 0 Å². The van der Waals surface area contributed by atoms with E-state index >= 15 is 0 Å². The van der Waals surface area contributed by atoms with Crippen LogP contribution in [0.4, 0.5) is 5.95 Å². The van der Waals surface area contributed by atoms with Crippen molar-refractivity contribution in [3.63, 3.8) is 0 Å². The van der Waals surface area contributed by atoms with Gasteiger partial charge in [0, 0.05) is 17.8 Å². The minimum Gasteiger partial charge on any atom is -0.395 e. The van der Waals surface area contributed by atoms with Crippen molar-refractivity contribution >= 4 is 17.5 Å². The minimum absolute atomic E-state index is 0.0495. The summed E-state index contributed by atoms with van der Waals surface area (Å²) in [4.78, 5) is 8.16. The fraction of sp³-hybridized carbons (Fsp3) is 0.500. The van der Waals surface area contributed by atoms with Gasteiger partial charge in [0.25, 0.3) is 0 Å². The molecule has 1 aromatic rings. The first-order chi connectivity index (χ1) is 6.15. The third-order valence-corrected chi connectivity index (χ3v) is 2.09. The SMILES string of the molecule is Cc1nc(NCCO)nc(Cl)c1C. The molecule has 0 saturated carbocycles. The second kappa shape index (κ2) is 4.39. The van der Waals surface area contributed by atoms with E-state index in [0.717, 1.165) is 11.3 Å². The number of aliphatic hydroxyl groups excluding tert-OH is 1. The first-order valence-corrected chi connectivity index (χ1v) is 4.38. The number of nitrogens with one attached hydrogen (secondary N) is 1. The number of anilines is 1. The van der Waals surface area contributed by atoms with Gasteiger partial charge < -0.3 is 10.4 Å². The molecule has 1 heterocycles. The Morgan fingerprint density at radius 1 is 1.38 bits per heavy atom. The van der Waals surface area contributed by atoms with Crippen LogP contribution in [0, 0.1) is 13.8 Å². The van der Waals surface area contributed by atoms with E-state index in [-0.39, 0.29) is 6.61 Å². The van der Waals surface area contributed by atoms with E-state index in [1.807, 2.05) is 13.8 Å². The largest absolute Gasteiger partial charge is 0.395 e. The second-order valence-corrected chi connectivity index (χ2v) is 3.06. The molecule has 4 nitrogen and oxygen atoms in total. The van der Waals surface area contributed by atoms with Gasteiger partial charge in [0.05, 0.1) is 6.61 Å². The highest BCUT2D eigenvalue weighted by atomic mass is 35.5. The van der Waals surface area contributed by atoms with Crippen LogP contribution in [0.25, 0.3) is 0 Å². The standard InChI is InChI=1S/C8H12ClN3O/c1-5-6(2)11-8(10-3-4-13)12-7(5)9/h13H,3-4H2,1-2H3,(H,10,11,12). The maximum atomic E-state index is 8.57. The summed E-state index contributed by atoms with van der Waals surface area (Å²) >= 11 is 5.84. The Kier molecular flexibility index (Phi) is 3.45. The number of nitrogens with zero attached hydrogens (tertiary/aromatic N) is 2. The van der Waals surface area contributed by atoms with Gasteiger partial charge in [0.15, 0.2) is 0 Å². The van der Waals surface area contributed by atoms with Gasteiger partial charge in [-0.2, -0.15) is 0 Å². The van der Waals surface area contributed by atoms with Crippen molar-refractivity contribution in [1.82, 2.24) is 9.97 Å². The summed E-state index contributed by atoms with van der Waals surface area (Å²) in [5, 5.41) is 11.9. The Balaban J connectivity index is 2.86. The zero-order valence-corrected chi connectivity index (χ0v) is 8.39. The average Bonchev–Trinajstić information content (AvgIpc) is 2.10. The summed E-state index contributed by atoms with van der Waals surface area (Å²) in [6, 6.07) is 0. The molecule has 2 N–H and O–H groups in total. The molecule has 1 rings (SSSR count). The van der Waals surface area contributed by atoms with Gasteiger partial charge in [-0.15, -0.1) is 0 Å². The summed E-state index contributed by atoms with van der Waals surface area (Å²) in [5.41, 5.74) is 1.73. The lowest BCUT2D eigenvalue weighted by Gasteiger charge is -2.06. The average molecular weight is 202 g/mol. The monoisotopic (exact) mass is 201 g/mol. The summed E-state index contributed by atoms with van der Waals surface area (Å²) in [6.45, 7) is 4.22. The van der Waals surface area contributed by atoms with Crippen LogP contribution >= 0.6 is 11.6 Å². The molecule has 13 heavy (non-hydrogen) atoms. The van der Waals surface area contributed by atoms with Crippen molar-refractivity contribution in [2.45, 2.75) is 13.8 Å². The van der Waals surface area contributed by atoms with E-state index in [9.17, 15) is 0 Å². The van der Waals surface area contributed by atoms with Crippen molar-refractivity contribution in [2.75, 3.05) is 18.5 Å². The molecule has 5 heteroatoms. The van der Waals surface area contributed by atoms with Crippen LogP contribution in [-0.4, -0.2) is 28.2 Å². The molecule has 0 amide bonds. The maximum Gasteiger partial charge on any atom is 0.224 e. The van der Waals surface area contributed by atoms with Gasteiger partial charge in [0.2, 0.25) is 5.95 Å². The van der Waals surface area contributed by atoms with Crippen LogP contribution in [0.3, 0.4) is 0 Å². The van der Waals surface area contributed by atoms with Gasteiger partial charge in [-0.05, 0) is 13.8 Å². The topological polar surface area (TPSA) is 58.0 Å². The zero-order chi connectivity index (χ0) is 9.84. The van der Waals surface area contributed by atoms with E-state index < -0.39 is 0 Å². The molecular weight excluding hydrogens is 190 g/mol. The van der Waals surface area contributed by atoms with Gasteiger partial charge in [-0.1, -0.05) is 11.6 Å². The van der Waals surface area contributed by atoms with Crippen LogP contribution in [0.2, 0.25) is 5.15 Å². The second-order valence-electron chi connectivity index (χ2n) is 2.70. The predicted molar refractivity (Wildman–Crippen MR) is 52.1 cm³/mol. The molecule has 0 fully saturated rings. The van der Waals surface area contributed by atoms with Gasteiger partial charge >= 0.3 is 0 Å². The third-order valence-electron chi connectivity index (χ3n) is 1.72. The number of hydrogen-bond acceptors (Lipinski definition) is 4. The Hall–Kier alpha value is -0.870. The van der Waals surface area contributed by atoms with E-state index in [2.05, 4.69) is 15.3 Å². The van der Waals surface area contributed by atoms with Crippen molar-refractivity contribution in [3.05, 3.63) is 16.4 Å². The van der Waals surface area contributed by atoms with Gasteiger partial charge in [-0.25, -0.2) is 9.97 Å². The number of halogens is 1. The molecule has 0 atom stereocenters. The number of aryl methyl sites for hydroxylation is 1. The normalized spacial score (nSPS) is 10.2. The highest BCUT2D eigenvalue weighted by Crippen LogP contribution is 2.16. The van der Waals surface area contributed by atoms with Crippen molar-refractivity contribution in [1.29, 1.82) is 0 Å². The van der Waals surface area contributed by atoms with Crippen molar-refractivity contribution in [2.24, 2.45) is 0 Å². The Bertz CT molecular complexity index is 280. The van der Waals surface area contributed by atoms with Crippen molar-refractivity contribution in [3.8, 4) is 0 Å². The quantitative estimate of drug-likeness (QED) is 0.721. The molecular formula is C8H12ClN3O. The zero-order valence-electron chi connectivity index (χ0n) is 7.63. The molecule has 1 aromatic heterocycles. The summed E-state index contributed by atoms with van der Waals surface area (Å²) in [6.07, 6.45) is 0. The molecule has 0 aliphatic heterocycles. The summed E-state index contributed by atoms with van der Waals surface area (Å²) < 4.78 is 0. The Labute approximate surface area is 82.0 Å². The molecule has 0 aromatic carbocycles. The molecule has 72 valence electrons. The van der Waals surface area contributed by atoms with Crippen LogP contribution in [0.5, 0.6) is 0 Å². The van der Waals surface area contributed by atoms with Gasteiger partial charge in [0.1, 0.15) is 5.15 Å². The van der Waals surface area contributed by atoms with E-state index in [1.54, 1.807) is 0 Å². The molecule has 0 bridgehead atoms. The molecule has 0 aliphatic carbocycles. The van der Waals surface area contributed by atoms with E-state index in [4.69, 9.17) is 16.7 Å². The molecule has 0 aliphatic rings. The lowest BCUT2D eigenvalue weighted by molar-refractivity contribution is 0.311. The number of aliphatic hydroxyl groups is 1. The number of rotatable bonds is 3. The number of aromatic nitrogens is 2. The molecule has 0 radical (unpaired) electrons. The minimum atomic E-state index is 0.0495. The first kappa shape index (κ1) is 10.2. The van der Waals surface area contributed by atoms with Crippen LogP contribution in [0.15, 0.2) is 0 Å². The highest BCUT2D eigenvalue weighted by Gasteiger charge is 2.04. The fourth-order valence-corrected chi connectivity index (χ4v) is 1.06. The van der Waals surface area contributed by atoms with Crippen LogP contribution in [0.1, 0.15) is 11.3 Å². The lowest BCUT2D eigenvalue weighted by atomic mass is 10.3. The first-order valence-electron chi connectivity index (χ1n) is 4.00. The molecule has 0 unspecified atom stereocenters. The number of hydrogen-bond donors (Lipinski definition) is 2. The predicted octanol–water partition coefficient (Wildman–Crippen LogP) is 1.15. The molecule has 0 saturated heterocycles. The van der Waals surface area contributed by atoms with Crippen LogP contribution < -0.4 is 5.32 Å². The summed E-state index contributed by atoms with van der Waals surface area (Å²) in [7, 11) is 0. The summed E-state index contributed by atoms with van der Waals surface area (Å²) in [5.74, 6) is 0.460. The fourth-order valence-electron chi connectivity index (χ4n) is 0.841. The van der Waals surface area contributed by atoms with Gasteiger partial charge in [-0.3, -0.25) is 0 Å². The lowest BCUT2D eigenvalue weighted by Crippen LogP contribution is -2.09. The maximum absolute atomic E-state index is 8.57. The smallest absolute Gasteiger partial charge is 0.224 e. The van der Waals surface area contributed by atoms with Crippen LogP contribution in [-0.2, 0) is 0 Å². The third kappa shape index (κ3) is 2.54. The highest BCUT2D eigenvalue weighted by molar-refractivity contribution is 6.30. The Morgan fingerprint density at radius 2 is 2.08 bits per heavy atom.